The van der Waals surface area contributed by atoms with E-state index < -0.39 is 33.8 Å². The highest BCUT2D eigenvalue weighted by Crippen LogP contribution is 2.14. The average Bonchev–Trinajstić information content (AvgIpc) is 2.69. The van der Waals surface area contributed by atoms with Gasteiger partial charge in [-0.3, -0.25) is 4.79 Å². The van der Waals surface area contributed by atoms with Gasteiger partial charge in [0.2, 0.25) is 10.0 Å². The van der Waals surface area contributed by atoms with Gasteiger partial charge >= 0.3 is 5.97 Å². The van der Waals surface area contributed by atoms with E-state index in [1.54, 1.807) is 6.92 Å². The molecule has 0 fully saturated rings. The fraction of sp³-hybridized carbons (Fsp3) is 0.300. The summed E-state index contributed by atoms with van der Waals surface area (Å²) in [5.74, 6) is -1.79. The molecule has 2 atom stereocenters. The second-order valence-electron chi connectivity index (χ2n) is 6.50. The second-order valence-corrected chi connectivity index (χ2v) is 8.21. The molecule has 0 aromatic heterocycles. The number of rotatable bonds is 8. The molecule has 156 valence electrons. The SMILES string of the molecule is CC[C@@H](C)NS(=O)(=O)c1ccc(C(=O)O[C@H](C)C(=O)Nc2ccc(F)cc2)cc1. The first kappa shape index (κ1) is 22.5. The van der Waals surface area contributed by atoms with E-state index in [1.807, 2.05) is 6.92 Å². The Bertz CT molecular complexity index is 959. The molecule has 2 aromatic rings. The van der Waals surface area contributed by atoms with Gasteiger partial charge < -0.3 is 10.1 Å². The number of hydrogen-bond donors (Lipinski definition) is 2. The van der Waals surface area contributed by atoms with Gasteiger partial charge in [0.25, 0.3) is 5.91 Å². The van der Waals surface area contributed by atoms with Crippen LogP contribution in [0.5, 0.6) is 0 Å². The molecule has 0 aliphatic rings. The molecular formula is C20H23FN2O5S. The molecule has 0 aliphatic heterocycles. The van der Waals surface area contributed by atoms with Crippen LogP contribution in [0.4, 0.5) is 10.1 Å². The standard InChI is InChI=1S/C20H23FN2O5S/c1-4-13(2)23-29(26,27)18-11-5-15(6-12-18)20(25)28-14(3)19(24)22-17-9-7-16(21)8-10-17/h5-14,23H,4H2,1-3H3,(H,22,24)/t13-,14-/m1/s1. The first-order valence-electron chi connectivity index (χ1n) is 9.02. The molecule has 0 heterocycles. The predicted octanol–water partition coefficient (Wildman–Crippen LogP) is 3.09. The molecular weight excluding hydrogens is 399 g/mol. The first-order valence-corrected chi connectivity index (χ1v) is 10.5. The Balaban J connectivity index is 1.99. The Morgan fingerprint density at radius 3 is 2.17 bits per heavy atom. The number of carbonyl (C=O) groups is 2. The minimum atomic E-state index is -3.68. The summed E-state index contributed by atoms with van der Waals surface area (Å²) in [6, 6.07) is 10.2. The lowest BCUT2D eigenvalue weighted by Gasteiger charge is -2.14. The van der Waals surface area contributed by atoms with Gasteiger partial charge in [-0.05, 0) is 68.8 Å². The van der Waals surface area contributed by atoms with Gasteiger partial charge in [-0.15, -0.1) is 0 Å². The van der Waals surface area contributed by atoms with E-state index in [2.05, 4.69) is 10.0 Å². The summed E-state index contributed by atoms with van der Waals surface area (Å²) in [5.41, 5.74) is 0.469. The van der Waals surface area contributed by atoms with Crippen molar-refractivity contribution in [3.8, 4) is 0 Å². The molecule has 0 radical (unpaired) electrons. The predicted molar refractivity (Wildman–Crippen MR) is 106 cm³/mol. The molecule has 0 bridgehead atoms. The van der Waals surface area contributed by atoms with Crippen LogP contribution in [-0.2, 0) is 19.6 Å². The molecule has 9 heteroatoms. The van der Waals surface area contributed by atoms with Crippen molar-refractivity contribution < 1.29 is 27.1 Å². The number of halogens is 1. The van der Waals surface area contributed by atoms with E-state index in [-0.39, 0.29) is 16.5 Å². The van der Waals surface area contributed by atoms with Crippen molar-refractivity contribution in [3.63, 3.8) is 0 Å². The van der Waals surface area contributed by atoms with E-state index in [9.17, 15) is 22.4 Å². The topological polar surface area (TPSA) is 102 Å². The van der Waals surface area contributed by atoms with Gasteiger partial charge in [-0.2, -0.15) is 0 Å². The number of benzene rings is 2. The van der Waals surface area contributed by atoms with Gasteiger partial charge in [-0.25, -0.2) is 22.3 Å². The molecule has 0 unspecified atom stereocenters. The number of hydrogen-bond acceptors (Lipinski definition) is 5. The van der Waals surface area contributed by atoms with Crippen LogP contribution in [0.3, 0.4) is 0 Å². The van der Waals surface area contributed by atoms with Crippen molar-refractivity contribution in [2.24, 2.45) is 0 Å². The van der Waals surface area contributed by atoms with E-state index >= 15 is 0 Å². The van der Waals surface area contributed by atoms with E-state index in [0.29, 0.717) is 12.1 Å². The molecule has 2 N–H and O–H groups in total. The van der Waals surface area contributed by atoms with Crippen molar-refractivity contribution >= 4 is 27.6 Å². The van der Waals surface area contributed by atoms with Gasteiger partial charge in [0.15, 0.2) is 6.10 Å². The van der Waals surface area contributed by atoms with E-state index in [0.717, 1.165) is 0 Å². The molecule has 0 saturated heterocycles. The van der Waals surface area contributed by atoms with Crippen molar-refractivity contribution in [1.29, 1.82) is 0 Å². The van der Waals surface area contributed by atoms with Gasteiger partial charge in [0.05, 0.1) is 10.5 Å². The van der Waals surface area contributed by atoms with E-state index in [4.69, 9.17) is 4.74 Å². The van der Waals surface area contributed by atoms with Crippen LogP contribution in [0.25, 0.3) is 0 Å². The van der Waals surface area contributed by atoms with Crippen LogP contribution in [0.2, 0.25) is 0 Å². The Morgan fingerprint density at radius 1 is 1.03 bits per heavy atom. The minimum absolute atomic E-state index is 0.0245. The largest absolute Gasteiger partial charge is 0.449 e. The number of carbonyl (C=O) groups excluding carboxylic acids is 2. The van der Waals surface area contributed by atoms with Crippen molar-refractivity contribution in [3.05, 3.63) is 59.9 Å². The fourth-order valence-corrected chi connectivity index (χ4v) is 3.57. The highest BCUT2D eigenvalue weighted by molar-refractivity contribution is 7.89. The lowest BCUT2D eigenvalue weighted by atomic mass is 10.2. The molecule has 0 spiro atoms. The summed E-state index contributed by atoms with van der Waals surface area (Å²) in [7, 11) is -3.68. The molecule has 1 amide bonds. The average molecular weight is 422 g/mol. The molecule has 29 heavy (non-hydrogen) atoms. The normalized spacial score (nSPS) is 13.4. The second kappa shape index (κ2) is 9.62. The first-order chi connectivity index (χ1) is 13.6. The number of ether oxygens (including phenoxy) is 1. The summed E-state index contributed by atoms with van der Waals surface area (Å²) in [4.78, 5) is 24.4. The van der Waals surface area contributed by atoms with Gasteiger partial charge in [-0.1, -0.05) is 6.92 Å². The zero-order valence-corrected chi connectivity index (χ0v) is 17.1. The third-order valence-electron chi connectivity index (χ3n) is 4.13. The van der Waals surface area contributed by atoms with Crippen LogP contribution in [0, 0.1) is 5.82 Å². The summed E-state index contributed by atoms with van der Waals surface area (Å²) < 4.78 is 45.0. The Morgan fingerprint density at radius 2 is 1.62 bits per heavy atom. The van der Waals surface area contributed by atoms with Crippen molar-refractivity contribution in [1.82, 2.24) is 4.72 Å². The third-order valence-corrected chi connectivity index (χ3v) is 5.74. The maximum atomic E-state index is 12.9. The van der Waals surface area contributed by atoms with Gasteiger partial charge in [0, 0.05) is 11.7 Å². The zero-order chi connectivity index (χ0) is 21.6. The highest BCUT2D eigenvalue weighted by atomic mass is 32.2. The summed E-state index contributed by atoms with van der Waals surface area (Å²) >= 11 is 0. The summed E-state index contributed by atoms with van der Waals surface area (Å²) in [6.45, 7) is 5.01. The number of anilines is 1. The quantitative estimate of drug-likeness (QED) is 0.637. The van der Waals surface area contributed by atoms with Gasteiger partial charge in [0.1, 0.15) is 5.82 Å². The molecule has 2 aromatic carbocycles. The zero-order valence-electron chi connectivity index (χ0n) is 16.3. The number of nitrogens with one attached hydrogen (secondary N) is 2. The lowest BCUT2D eigenvalue weighted by molar-refractivity contribution is -0.123. The Kier molecular flexibility index (Phi) is 7.46. The Hall–Kier alpha value is -2.78. The minimum Gasteiger partial charge on any atom is -0.449 e. The lowest BCUT2D eigenvalue weighted by Crippen LogP contribution is -2.32. The maximum Gasteiger partial charge on any atom is 0.338 e. The van der Waals surface area contributed by atoms with Crippen LogP contribution in [0.1, 0.15) is 37.6 Å². The third kappa shape index (κ3) is 6.37. The Labute approximate surface area is 169 Å². The van der Waals surface area contributed by atoms with Crippen LogP contribution in [0.15, 0.2) is 53.4 Å². The van der Waals surface area contributed by atoms with Crippen LogP contribution < -0.4 is 10.0 Å². The summed E-state index contributed by atoms with van der Waals surface area (Å²) in [6.07, 6.45) is -0.468. The number of esters is 1. The van der Waals surface area contributed by atoms with E-state index in [1.165, 1.54) is 55.5 Å². The maximum absolute atomic E-state index is 12.9. The smallest absolute Gasteiger partial charge is 0.338 e. The molecule has 0 saturated carbocycles. The molecule has 0 aliphatic carbocycles. The van der Waals surface area contributed by atoms with Crippen molar-refractivity contribution in [2.75, 3.05) is 5.32 Å². The van der Waals surface area contributed by atoms with Crippen molar-refractivity contribution in [2.45, 2.75) is 44.2 Å². The highest BCUT2D eigenvalue weighted by Gasteiger charge is 2.21. The van der Waals surface area contributed by atoms with Crippen LogP contribution >= 0.6 is 0 Å². The molecule has 7 nitrogen and oxygen atoms in total. The summed E-state index contributed by atoms with van der Waals surface area (Å²) in [5, 5.41) is 2.51. The molecule has 2 rings (SSSR count). The van der Waals surface area contributed by atoms with Crippen LogP contribution in [-0.4, -0.2) is 32.4 Å². The monoisotopic (exact) mass is 422 g/mol. The number of sulfonamides is 1. The number of amides is 1. The fourth-order valence-electron chi connectivity index (χ4n) is 2.25.